The van der Waals surface area contributed by atoms with Gasteiger partial charge >= 0.3 is 11.9 Å². The van der Waals surface area contributed by atoms with Crippen molar-refractivity contribution in [1.29, 1.82) is 0 Å². The highest BCUT2D eigenvalue weighted by molar-refractivity contribution is 7.99. The Bertz CT molecular complexity index is 1290. The number of rotatable bonds is 8. The summed E-state index contributed by atoms with van der Waals surface area (Å²) in [6, 6.07) is 9.77. The molecule has 2 saturated heterocycles. The van der Waals surface area contributed by atoms with Crippen molar-refractivity contribution in [3.05, 3.63) is 78.0 Å². The number of aliphatic carboxylic acids is 2. The van der Waals surface area contributed by atoms with Gasteiger partial charge in [0.05, 0.1) is 16.9 Å². The van der Waals surface area contributed by atoms with Crippen molar-refractivity contribution < 1.29 is 30.1 Å². The zero-order chi connectivity index (χ0) is 31.0. The molecule has 4 rings (SSSR count). The number of thioether (sulfide) groups is 1. The summed E-state index contributed by atoms with van der Waals surface area (Å²) in [6.45, 7) is 8.65. The summed E-state index contributed by atoms with van der Waals surface area (Å²) < 4.78 is 31.7. The molecular formula is C28H36N4O5S. The summed E-state index contributed by atoms with van der Waals surface area (Å²) in [5.41, 5.74) is 1.74. The molecule has 3 N–H and O–H groups in total. The Morgan fingerprint density at radius 2 is 1.79 bits per heavy atom. The average Bonchev–Trinajstić information content (AvgIpc) is 3.44. The third-order valence-electron chi connectivity index (χ3n) is 6.49. The number of piperazine rings is 1. The number of nitrogens with one attached hydrogen (secondary N) is 1. The van der Waals surface area contributed by atoms with Crippen LogP contribution in [0.1, 0.15) is 42.3 Å². The van der Waals surface area contributed by atoms with Crippen molar-refractivity contribution in [2.24, 2.45) is 0 Å². The predicted molar refractivity (Wildman–Crippen MR) is 148 cm³/mol. The van der Waals surface area contributed by atoms with Gasteiger partial charge in [0.25, 0.3) is 0 Å². The van der Waals surface area contributed by atoms with Crippen LogP contribution in [0.4, 0.5) is 0 Å². The van der Waals surface area contributed by atoms with Crippen molar-refractivity contribution >= 4 is 29.6 Å². The molecule has 3 heterocycles. The van der Waals surface area contributed by atoms with E-state index in [1.165, 1.54) is 17.3 Å². The van der Waals surface area contributed by atoms with Crippen LogP contribution >= 0.6 is 11.8 Å². The number of amides is 1. The van der Waals surface area contributed by atoms with Crippen molar-refractivity contribution in [2.45, 2.75) is 37.1 Å². The van der Waals surface area contributed by atoms with Gasteiger partial charge in [-0.25, -0.2) is 9.59 Å². The average molecular weight is 545 g/mol. The number of hydrogen-bond acceptors (Lipinski definition) is 7. The third-order valence-corrected chi connectivity index (χ3v) is 7.72. The van der Waals surface area contributed by atoms with E-state index in [4.69, 9.17) is 15.7 Å². The van der Waals surface area contributed by atoms with Crippen LogP contribution in [0.2, 0.25) is 0 Å². The molecule has 1 amide bonds. The first-order valence-corrected chi connectivity index (χ1v) is 13.4. The molecule has 2 aromatic rings. The molecule has 38 heavy (non-hydrogen) atoms. The Morgan fingerprint density at radius 3 is 2.42 bits per heavy atom. The Hall–Kier alpha value is -3.21. The van der Waals surface area contributed by atoms with Crippen LogP contribution in [0.5, 0.6) is 0 Å². The van der Waals surface area contributed by atoms with Gasteiger partial charge in [0.2, 0.25) is 5.91 Å². The van der Waals surface area contributed by atoms with E-state index in [-0.39, 0.29) is 47.4 Å². The quantitative estimate of drug-likeness (QED) is 0.430. The predicted octanol–water partition coefficient (Wildman–Crippen LogP) is 3.01. The molecule has 0 radical (unpaired) electrons. The maximum Gasteiger partial charge on any atom is 0.328 e. The van der Waals surface area contributed by atoms with Gasteiger partial charge in [-0.15, -0.1) is 11.8 Å². The molecule has 0 saturated carbocycles. The molecule has 1 aromatic carbocycles. The monoisotopic (exact) mass is 544 g/mol. The largest absolute Gasteiger partial charge is 0.478 e. The van der Waals surface area contributed by atoms with Gasteiger partial charge in [-0.1, -0.05) is 50.2 Å². The topological polar surface area (TPSA) is 123 Å². The number of carboxylic acids is 2. The number of benzene rings is 1. The first-order chi connectivity index (χ1) is 19.8. The number of nitrogens with zero attached hydrogens (tertiary/aromatic N) is 3. The maximum absolute atomic E-state index is 13.1. The van der Waals surface area contributed by atoms with E-state index >= 15 is 0 Å². The summed E-state index contributed by atoms with van der Waals surface area (Å²) in [4.78, 5) is 40.3. The molecule has 2 atom stereocenters. The highest BCUT2D eigenvalue weighted by atomic mass is 32.2. The van der Waals surface area contributed by atoms with Crippen molar-refractivity contribution in [1.82, 2.24) is 20.1 Å². The fraction of sp³-hybridized carbons (Fsp3) is 0.429. The molecular weight excluding hydrogens is 504 g/mol. The van der Waals surface area contributed by atoms with Gasteiger partial charge in [0.15, 0.2) is 0 Å². The smallest absolute Gasteiger partial charge is 0.328 e. The number of aromatic nitrogens is 1. The number of carbonyl (C=O) groups is 3. The lowest BCUT2D eigenvalue weighted by molar-refractivity contribution is -0.134. The van der Waals surface area contributed by atoms with Crippen LogP contribution in [0.25, 0.3) is 0 Å². The molecule has 0 spiro atoms. The molecule has 2 fully saturated rings. The minimum Gasteiger partial charge on any atom is -0.478 e. The summed E-state index contributed by atoms with van der Waals surface area (Å²) in [5.74, 6) is -1.92. The lowest BCUT2D eigenvalue weighted by atomic mass is 9.81. The number of hydrogen-bond donors (Lipinski definition) is 3. The fourth-order valence-corrected chi connectivity index (χ4v) is 5.33. The van der Waals surface area contributed by atoms with Crippen molar-refractivity contribution in [2.75, 3.05) is 38.5 Å². The molecule has 2 aliphatic heterocycles. The molecule has 2 aliphatic rings. The van der Waals surface area contributed by atoms with E-state index in [9.17, 15) is 14.4 Å². The lowest BCUT2D eigenvalue weighted by Gasteiger charge is -2.37. The van der Waals surface area contributed by atoms with Crippen LogP contribution in [-0.4, -0.2) is 87.4 Å². The Kier molecular flexibility index (Phi) is 8.85. The standard InChI is InChI=1S/C24H32N4OS.C4H4O4/c1-24(2,20-8-4-3-5-9-20)10-12-27-13-15-28(16-14-27)23(29)21-18-30-22(26-21)19-7-6-11-25-17-19;5-3(6)1-2-4(7)8/h3-9,11,17,21-22,26H,10,12-16,18H2,1-2H3;1-2H,(H,5,6)(H,7,8)/b;2-1+/i6D,7D,11D,17D;. The van der Waals surface area contributed by atoms with E-state index in [0.29, 0.717) is 31.0 Å². The summed E-state index contributed by atoms with van der Waals surface area (Å²) in [5, 5.41) is 18.4. The van der Waals surface area contributed by atoms with Crippen LogP contribution in [0, 0.1) is 0 Å². The highest BCUT2D eigenvalue weighted by Gasteiger charge is 2.34. The minimum absolute atomic E-state index is 0.0495. The molecule has 0 aliphatic carbocycles. The van der Waals surface area contributed by atoms with Gasteiger partial charge in [0.1, 0.15) is 0 Å². The second-order valence-corrected chi connectivity index (χ2v) is 10.7. The van der Waals surface area contributed by atoms with E-state index in [1.807, 2.05) is 11.0 Å². The Morgan fingerprint density at radius 1 is 1.13 bits per heavy atom. The van der Waals surface area contributed by atoms with Gasteiger partial charge in [-0.05, 0) is 35.5 Å². The van der Waals surface area contributed by atoms with Gasteiger partial charge in [-0.3, -0.25) is 20.0 Å². The molecule has 9 nitrogen and oxygen atoms in total. The van der Waals surface area contributed by atoms with Crippen LogP contribution in [0.15, 0.2) is 66.9 Å². The number of carboxylic acid groups (broad SMARTS) is 2. The summed E-state index contributed by atoms with van der Waals surface area (Å²) >= 11 is 1.45. The number of carbonyl (C=O) groups excluding carboxylic acids is 1. The maximum atomic E-state index is 13.1. The zero-order valence-corrected chi connectivity index (χ0v) is 22.3. The lowest BCUT2D eigenvalue weighted by Crippen LogP contribution is -2.54. The first kappa shape index (κ1) is 23.9. The molecule has 204 valence electrons. The SMILES string of the molecule is O=C(O)/C=C/C(=O)O.[2H]c1nc([2H])c(C2NC(C(=O)N3CCN(CCC(C)(C)c4ccccc4)CC3)CS2)c([2H])c1[2H]. The summed E-state index contributed by atoms with van der Waals surface area (Å²) in [6.07, 6.45) is 1.64. The van der Waals surface area contributed by atoms with E-state index < -0.39 is 17.3 Å². The Labute approximate surface area is 233 Å². The van der Waals surface area contributed by atoms with E-state index in [2.05, 4.69) is 53.3 Å². The van der Waals surface area contributed by atoms with Crippen molar-refractivity contribution in [3.63, 3.8) is 0 Å². The highest BCUT2D eigenvalue weighted by Crippen LogP contribution is 2.33. The number of pyridine rings is 1. The zero-order valence-electron chi connectivity index (χ0n) is 25.5. The normalized spacial score (nSPS) is 21.6. The van der Waals surface area contributed by atoms with E-state index in [1.54, 1.807) is 0 Å². The fourth-order valence-electron chi connectivity index (χ4n) is 4.17. The summed E-state index contributed by atoms with van der Waals surface area (Å²) in [7, 11) is 0. The molecule has 0 bridgehead atoms. The molecule has 1 aromatic heterocycles. The third kappa shape index (κ3) is 8.97. The van der Waals surface area contributed by atoms with Gasteiger partial charge in [-0.2, -0.15) is 0 Å². The second-order valence-electron chi connectivity index (χ2n) is 9.61. The van der Waals surface area contributed by atoms with Crippen molar-refractivity contribution in [3.8, 4) is 0 Å². The molecule has 2 unspecified atom stereocenters. The van der Waals surface area contributed by atoms with Gasteiger partial charge < -0.3 is 15.1 Å². The minimum atomic E-state index is -1.26. The first-order valence-electron chi connectivity index (χ1n) is 14.3. The van der Waals surface area contributed by atoms with E-state index in [0.717, 1.165) is 26.1 Å². The Balaban J connectivity index is 0.000000531. The molecule has 10 heteroatoms. The van der Waals surface area contributed by atoms with Crippen LogP contribution < -0.4 is 5.32 Å². The second kappa shape index (κ2) is 14.1. The van der Waals surface area contributed by atoms with Crippen LogP contribution in [0.3, 0.4) is 0 Å². The van der Waals surface area contributed by atoms with Gasteiger partial charge in [0, 0.05) is 56.4 Å². The van der Waals surface area contributed by atoms with Crippen LogP contribution in [-0.2, 0) is 19.8 Å².